The van der Waals surface area contributed by atoms with E-state index in [1.54, 1.807) is 11.0 Å². The molecule has 7 heteroatoms. The molecule has 1 saturated heterocycles. The molecule has 148 valence electrons. The molecule has 0 spiro atoms. The predicted octanol–water partition coefficient (Wildman–Crippen LogP) is 3.07. The van der Waals surface area contributed by atoms with Gasteiger partial charge in [0.15, 0.2) is 11.6 Å². The van der Waals surface area contributed by atoms with Gasteiger partial charge in [0.1, 0.15) is 0 Å². The topological polar surface area (TPSA) is 70.7 Å². The average molecular weight is 377 g/mol. The van der Waals surface area contributed by atoms with Gasteiger partial charge in [-0.15, -0.1) is 0 Å². The van der Waals surface area contributed by atoms with E-state index in [4.69, 9.17) is 4.74 Å². The van der Waals surface area contributed by atoms with E-state index in [1.807, 2.05) is 0 Å². The van der Waals surface area contributed by atoms with Crippen molar-refractivity contribution in [3.8, 4) is 5.75 Å². The normalized spacial score (nSPS) is 18.8. The van der Waals surface area contributed by atoms with E-state index >= 15 is 0 Å². The molecule has 6 nitrogen and oxygen atoms in total. The van der Waals surface area contributed by atoms with Crippen molar-refractivity contribution >= 4 is 11.9 Å². The second-order valence-electron chi connectivity index (χ2n) is 7.37. The van der Waals surface area contributed by atoms with Crippen molar-refractivity contribution in [3.05, 3.63) is 29.6 Å². The fourth-order valence-electron chi connectivity index (χ4n) is 3.87. The SMILES string of the molecule is COc1ccc(C(=O)N2CCC(NC(=O)NC3CCCCC3)CC2)cc1F. The van der Waals surface area contributed by atoms with Crippen LogP contribution in [0.2, 0.25) is 0 Å². The van der Waals surface area contributed by atoms with Gasteiger partial charge < -0.3 is 20.3 Å². The van der Waals surface area contributed by atoms with Crippen molar-refractivity contribution in [1.82, 2.24) is 15.5 Å². The fourth-order valence-corrected chi connectivity index (χ4v) is 3.87. The molecule has 1 aliphatic carbocycles. The van der Waals surface area contributed by atoms with Gasteiger partial charge in [-0.2, -0.15) is 0 Å². The molecule has 0 radical (unpaired) electrons. The van der Waals surface area contributed by atoms with Crippen LogP contribution < -0.4 is 15.4 Å². The van der Waals surface area contributed by atoms with Gasteiger partial charge in [0, 0.05) is 30.7 Å². The summed E-state index contributed by atoms with van der Waals surface area (Å²) in [4.78, 5) is 26.4. The number of halogens is 1. The van der Waals surface area contributed by atoms with Gasteiger partial charge in [-0.1, -0.05) is 19.3 Å². The Morgan fingerprint density at radius 3 is 2.26 bits per heavy atom. The number of carbonyl (C=O) groups excluding carboxylic acids is 2. The van der Waals surface area contributed by atoms with Crippen LogP contribution in [0.1, 0.15) is 55.3 Å². The number of ether oxygens (including phenoxy) is 1. The van der Waals surface area contributed by atoms with Crippen LogP contribution in [-0.2, 0) is 0 Å². The Kier molecular flexibility index (Phi) is 6.53. The number of urea groups is 1. The minimum absolute atomic E-state index is 0.0604. The summed E-state index contributed by atoms with van der Waals surface area (Å²) < 4.78 is 18.7. The first-order chi connectivity index (χ1) is 13.1. The molecule has 1 aromatic rings. The van der Waals surface area contributed by atoms with Crippen molar-refractivity contribution in [1.29, 1.82) is 0 Å². The highest BCUT2D eigenvalue weighted by Crippen LogP contribution is 2.21. The summed E-state index contributed by atoms with van der Waals surface area (Å²) in [5.74, 6) is -0.612. The van der Waals surface area contributed by atoms with Gasteiger partial charge in [-0.25, -0.2) is 9.18 Å². The van der Waals surface area contributed by atoms with E-state index in [-0.39, 0.29) is 29.8 Å². The maximum absolute atomic E-state index is 13.8. The third-order valence-corrected chi connectivity index (χ3v) is 5.46. The average Bonchev–Trinajstić information content (AvgIpc) is 2.68. The molecule has 0 unspecified atom stereocenters. The summed E-state index contributed by atoms with van der Waals surface area (Å²) in [6, 6.07) is 4.49. The molecule has 2 aliphatic rings. The van der Waals surface area contributed by atoms with Crippen LogP contribution in [0, 0.1) is 5.82 Å². The van der Waals surface area contributed by atoms with Crippen LogP contribution >= 0.6 is 0 Å². The number of nitrogens with zero attached hydrogens (tertiary/aromatic N) is 1. The monoisotopic (exact) mass is 377 g/mol. The Morgan fingerprint density at radius 2 is 1.67 bits per heavy atom. The first-order valence-corrected chi connectivity index (χ1v) is 9.76. The van der Waals surface area contributed by atoms with Crippen LogP contribution in [0.5, 0.6) is 5.75 Å². The first kappa shape index (κ1) is 19.5. The number of carbonyl (C=O) groups is 2. The molecule has 2 N–H and O–H groups in total. The van der Waals surface area contributed by atoms with E-state index in [0.717, 1.165) is 12.8 Å². The first-order valence-electron chi connectivity index (χ1n) is 9.76. The zero-order valence-corrected chi connectivity index (χ0v) is 15.8. The number of hydrogen-bond acceptors (Lipinski definition) is 3. The second kappa shape index (κ2) is 9.06. The highest BCUT2D eigenvalue weighted by molar-refractivity contribution is 5.94. The molecule has 3 rings (SSSR count). The molecule has 0 aromatic heterocycles. The lowest BCUT2D eigenvalue weighted by Gasteiger charge is -2.33. The summed E-state index contributed by atoms with van der Waals surface area (Å²) >= 11 is 0. The van der Waals surface area contributed by atoms with Gasteiger partial charge in [0.2, 0.25) is 0 Å². The smallest absolute Gasteiger partial charge is 0.315 e. The summed E-state index contributed by atoms with van der Waals surface area (Å²) in [6.45, 7) is 1.09. The number of likely N-dealkylation sites (tertiary alicyclic amines) is 1. The number of piperidine rings is 1. The lowest BCUT2D eigenvalue weighted by Crippen LogP contribution is -2.51. The van der Waals surface area contributed by atoms with Gasteiger partial charge in [-0.05, 0) is 43.9 Å². The Bertz CT molecular complexity index is 668. The third kappa shape index (κ3) is 5.11. The third-order valence-electron chi connectivity index (χ3n) is 5.46. The minimum atomic E-state index is -0.542. The van der Waals surface area contributed by atoms with Crippen molar-refractivity contribution in [2.75, 3.05) is 20.2 Å². The maximum atomic E-state index is 13.8. The number of amides is 3. The Morgan fingerprint density at radius 1 is 1.04 bits per heavy atom. The Hall–Kier alpha value is -2.31. The summed E-state index contributed by atoms with van der Waals surface area (Å²) in [5, 5.41) is 6.08. The number of rotatable bonds is 4. The van der Waals surface area contributed by atoms with Gasteiger partial charge >= 0.3 is 6.03 Å². The van der Waals surface area contributed by atoms with Crippen molar-refractivity contribution in [3.63, 3.8) is 0 Å². The predicted molar refractivity (Wildman–Crippen MR) is 100 cm³/mol. The highest BCUT2D eigenvalue weighted by Gasteiger charge is 2.26. The molecule has 0 atom stereocenters. The molecule has 1 aliphatic heterocycles. The molecule has 2 fully saturated rings. The summed E-state index contributed by atoms with van der Waals surface area (Å²) in [5.41, 5.74) is 0.315. The molecular weight excluding hydrogens is 349 g/mol. The molecule has 1 saturated carbocycles. The maximum Gasteiger partial charge on any atom is 0.315 e. The Balaban J connectivity index is 1.46. The van der Waals surface area contributed by atoms with Crippen molar-refractivity contribution < 1.29 is 18.7 Å². The van der Waals surface area contributed by atoms with Gasteiger partial charge in [0.05, 0.1) is 7.11 Å². The fraction of sp³-hybridized carbons (Fsp3) is 0.600. The van der Waals surface area contributed by atoms with Crippen LogP contribution in [0.15, 0.2) is 18.2 Å². The van der Waals surface area contributed by atoms with Crippen LogP contribution in [-0.4, -0.2) is 49.1 Å². The van der Waals surface area contributed by atoms with E-state index in [9.17, 15) is 14.0 Å². The highest BCUT2D eigenvalue weighted by atomic mass is 19.1. The molecule has 1 heterocycles. The van der Waals surface area contributed by atoms with E-state index in [2.05, 4.69) is 10.6 Å². The number of nitrogens with one attached hydrogen (secondary N) is 2. The molecular formula is C20H28FN3O3. The molecule has 3 amide bonds. The van der Waals surface area contributed by atoms with Crippen molar-refractivity contribution in [2.24, 2.45) is 0 Å². The molecule has 27 heavy (non-hydrogen) atoms. The zero-order valence-electron chi connectivity index (χ0n) is 15.8. The quantitative estimate of drug-likeness (QED) is 0.847. The van der Waals surface area contributed by atoms with E-state index in [1.165, 1.54) is 38.5 Å². The largest absolute Gasteiger partial charge is 0.494 e. The number of benzene rings is 1. The summed E-state index contributed by atoms with van der Waals surface area (Å²) in [7, 11) is 1.39. The van der Waals surface area contributed by atoms with Gasteiger partial charge in [-0.3, -0.25) is 4.79 Å². The number of methoxy groups -OCH3 is 1. The molecule has 1 aromatic carbocycles. The van der Waals surface area contributed by atoms with Gasteiger partial charge in [0.25, 0.3) is 5.91 Å². The second-order valence-corrected chi connectivity index (χ2v) is 7.37. The van der Waals surface area contributed by atoms with E-state index in [0.29, 0.717) is 31.5 Å². The zero-order chi connectivity index (χ0) is 19.2. The Labute approximate surface area is 159 Å². The van der Waals surface area contributed by atoms with E-state index < -0.39 is 5.82 Å². The lowest BCUT2D eigenvalue weighted by molar-refractivity contribution is 0.0707. The molecule has 0 bridgehead atoms. The lowest BCUT2D eigenvalue weighted by atomic mass is 9.96. The van der Waals surface area contributed by atoms with Crippen LogP contribution in [0.3, 0.4) is 0 Å². The summed E-state index contributed by atoms with van der Waals surface area (Å²) in [6.07, 6.45) is 7.11. The minimum Gasteiger partial charge on any atom is -0.494 e. The number of hydrogen-bond donors (Lipinski definition) is 2. The van der Waals surface area contributed by atoms with Crippen LogP contribution in [0.4, 0.5) is 9.18 Å². The standard InChI is InChI=1S/C20H28FN3O3/c1-27-18-8-7-14(13-17(18)21)19(25)24-11-9-16(10-12-24)23-20(26)22-15-5-3-2-4-6-15/h7-8,13,15-16H,2-6,9-12H2,1H3,(H2,22,23,26). The van der Waals surface area contributed by atoms with Crippen LogP contribution in [0.25, 0.3) is 0 Å². The van der Waals surface area contributed by atoms with Crippen molar-refractivity contribution in [2.45, 2.75) is 57.0 Å².